The third-order valence-corrected chi connectivity index (χ3v) is 5.30. The average molecular weight is 348 g/mol. The molecule has 0 saturated carbocycles. The number of amides is 3. The van der Waals surface area contributed by atoms with E-state index in [0.29, 0.717) is 5.69 Å². The number of carbonyl (C=O) groups excluding carboxylic acids is 2. The fourth-order valence-corrected chi connectivity index (χ4v) is 3.70. The molecule has 0 unspecified atom stereocenters. The molecule has 3 amide bonds. The lowest BCUT2D eigenvalue weighted by Crippen LogP contribution is -2.41. The highest BCUT2D eigenvalue weighted by atomic mass is 19.1. The summed E-state index contributed by atoms with van der Waals surface area (Å²) >= 11 is 0. The van der Waals surface area contributed by atoms with E-state index in [-0.39, 0.29) is 23.0 Å². The summed E-state index contributed by atoms with van der Waals surface area (Å²) < 4.78 is 13.7. The van der Waals surface area contributed by atoms with Gasteiger partial charge in [0.1, 0.15) is 5.82 Å². The first-order valence-corrected chi connectivity index (χ1v) is 8.69. The fourth-order valence-electron chi connectivity index (χ4n) is 3.70. The molecule has 136 valence electrons. The van der Waals surface area contributed by atoms with Crippen LogP contribution in [-0.2, 0) is 4.79 Å². The van der Waals surface area contributed by atoms with Gasteiger partial charge >= 0.3 is 6.03 Å². The van der Waals surface area contributed by atoms with Gasteiger partial charge in [0, 0.05) is 25.7 Å². The van der Waals surface area contributed by atoms with Crippen molar-refractivity contribution in [1.82, 2.24) is 9.80 Å². The molecule has 2 aliphatic rings. The van der Waals surface area contributed by atoms with Crippen molar-refractivity contribution >= 4 is 23.3 Å². The Labute approximate surface area is 147 Å². The first-order valence-electron chi connectivity index (χ1n) is 8.69. The van der Waals surface area contributed by atoms with Gasteiger partial charge in [-0.25, -0.2) is 9.18 Å². The molecule has 7 heteroatoms. The van der Waals surface area contributed by atoms with E-state index in [2.05, 4.69) is 22.6 Å². The van der Waals surface area contributed by atoms with Crippen molar-refractivity contribution in [2.45, 2.75) is 26.2 Å². The monoisotopic (exact) mass is 348 g/mol. The number of carbonyl (C=O) groups is 2. The average Bonchev–Trinajstić information content (AvgIpc) is 2.98. The predicted octanol–water partition coefficient (Wildman–Crippen LogP) is 2.73. The Balaban J connectivity index is 1.62. The highest BCUT2D eigenvalue weighted by Gasteiger charge is 2.41. The van der Waals surface area contributed by atoms with Crippen LogP contribution in [0, 0.1) is 11.2 Å². The van der Waals surface area contributed by atoms with Crippen molar-refractivity contribution < 1.29 is 14.0 Å². The van der Waals surface area contributed by atoms with Crippen LogP contribution >= 0.6 is 0 Å². The van der Waals surface area contributed by atoms with Gasteiger partial charge in [0.15, 0.2) is 0 Å². The zero-order valence-electron chi connectivity index (χ0n) is 14.8. The third kappa shape index (κ3) is 4.10. The van der Waals surface area contributed by atoms with Crippen molar-refractivity contribution in [1.29, 1.82) is 0 Å². The number of nitrogens with zero attached hydrogens (tertiary/aromatic N) is 2. The van der Waals surface area contributed by atoms with Gasteiger partial charge in [-0.15, -0.1) is 0 Å². The number of halogens is 1. The Morgan fingerprint density at radius 3 is 2.48 bits per heavy atom. The van der Waals surface area contributed by atoms with Crippen LogP contribution in [0.4, 0.5) is 20.6 Å². The minimum absolute atomic E-state index is 0.0681. The maximum atomic E-state index is 13.7. The van der Waals surface area contributed by atoms with Gasteiger partial charge in [-0.2, -0.15) is 0 Å². The summed E-state index contributed by atoms with van der Waals surface area (Å²) in [6.45, 7) is 4.98. The van der Waals surface area contributed by atoms with Crippen LogP contribution in [0.5, 0.6) is 0 Å². The highest BCUT2D eigenvalue weighted by Crippen LogP contribution is 2.40. The van der Waals surface area contributed by atoms with Crippen LogP contribution in [-0.4, -0.2) is 55.0 Å². The number of likely N-dealkylation sites (tertiary alicyclic amines) is 2. The van der Waals surface area contributed by atoms with E-state index in [9.17, 15) is 14.0 Å². The van der Waals surface area contributed by atoms with Crippen LogP contribution < -0.4 is 10.6 Å². The molecule has 2 fully saturated rings. The number of anilines is 2. The summed E-state index contributed by atoms with van der Waals surface area (Å²) in [5.41, 5.74) is 0.784. The van der Waals surface area contributed by atoms with Gasteiger partial charge in [0.25, 0.3) is 0 Å². The minimum Gasteiger partial charge on any atom is -0.324 e. The number of hydrogen-bond acceptors (Lipinski definition) is 3. The van der Waals surface area contributed by atoms with E-state index in [1.54, 1.807) is 0 Å². The molecule has 2 N–H and O–H groups in total. The molecule has 1 aromatic rings. The van der Waals surface area contributed by atoms with Gasteiger partial charge < -0.3 is 20.4 Å². The van der Waals surface area contributed by atoms with E-state index in [1.807, 2.05) is 4.90 Å². The maximum absolute atomic E-state index is 13.7. The van der Waals surface area contributed by atoms with Crippen molar-refractivity contribution in [3.05, 3.63) is 24.0 Å². The fraction of sp³-hybridized carbons (Fsp3) is 0.556. The highest BCUT2D eigenvalue weighted by molar-refractivity contribution is 5.92. The minimum atomic E-state index is -0.528. The predicted molar refractivity (Wildman–Crippen MR) is 95.1 cm³/mol. The number of hydrogen-bond donors (Lipinski definition) is 2. The Kier molecular flexibility index (Phi) is 4.94. The number of nitrogens with one attached hydrogen (secondary N) is 2. The SMILES string of the molecule is CC(=O)Nc1cc(NC(=O)N2CCC3(CCN(C)CC3)C2)ccc1F. The first-order chi connectivity index (χ1) is 11.9. The third-order valence-electron chi connectivity index (χ3n) is 5.30. The number of piperidine rings is 1. The molecule has 0 atom stereocenters. The van der Waals surface area contributed by atoms with Gasteiger partial charge in [-0.3, -0.25) is 4.79 Å². The molecule has 1 spiro atoms. The van der Waals surface area contributed by atoms with Gasteiger partial charge in [0.2, 0.25) is 5.91 Å². The molecule has 6 nitrogen and oxygen atoms in total. The van der Waals surface area contributed by atoms with Crippen LogP contribution in [0.2, 0.25) is 0 Å². The first kappa shape index (κ1) is 17.7. The van der Waals surface area contributed by atoms with Crippen molar-refractivity contribution in [3.63, 3.8) is 0 Å². The molecule has 0 aliphatic carbocycles. The number of rotatable bonds is 2. The summed E-state index contributed by atoms with van der Waals surface area (Å²) in [7, 11) is 2.13. The molecule has 0 bridgehead atoms. The summed E-state index contributed by atoms with van der Waals surface area (Å²) in [5, 5.41) is 5.24. The van der Waals surface area contributed by atoms with E-state index in [4.69, 9.17) is 0 Å². The standard InChI is InChI=1S/C18H25FN4O2/c1-13(24)20-16-11-14(3-4-15(16)19)21-17(25)23-10-7-18(12-23)5-8-22(2)9-6-18/h3-4,11H,5-10,12H2,1-2H3,(H,20,24)(H,21,25). The quantitative estimate of drug-likeness (QED) is 0.864. The molecule has 2 saturated heterocycles. The molecule has 25 heavy (non-hydrogen) atoms. The maximum Gasteiger partial charge on any atom is 0.321 e. The number of benzene rings is 1. The van der Waals surface area contributed by atoms with E-state index < -0.39 is 5.82 Å². The molecule has 0 aromatic heterocycles. The lowest BCUT2D eigenvalue weighted by Gasteiger charge is -2.37. The molecular weight excluding hydrogens is 323 g/mol. The van der Waals surface area contributed by atoms with Gasteiger partial charge in [-0.1, -0.05) is 0 Å². The van der Waals surface area contributed by atoms with Gasteiger partial charge in [-0.05, 0) is 63.0 Å². The lowest BCUT2D eigenvalue weighted by molar-refractivity contribution is -0.114. The van der Waals surface area contributed by atoms with Crippen molar-refractivity contribution in [2.75, 3.05) is 43.9 Å². The smallest absolute Gasteiger partial charge is 0.321 e. The zero-order valence-corrected chi connectivity index (χ0v) is 14.8. The summed E-state index contributed by atoms with van der Waals surface area (Å²) in [5.74, 6) is -0.884. The molecule has 1 aromatic carbocycles. The van der Waals surface area contributed by atoms with Crippen LogP contribution in [0.1, 0.15) is 26.2 Å². The van der Waals surface area contributed by atoms with Crippen LogP contribution in [0.15, 0.2) is 18.2 Å². The summed E-state index contributed by atoms with van der Waals surface area (Å²) in [6.07, 6.45) is 3.28. The van der Waals surface area contributed by atoms with Gasteiger partial charge in [0.05, 0.1) is 5.69 Å². The zero-order chi connectivity index (χ0) is 18.0. The van der Waals surface area contributed by atoms with E-state index in [1.165, 1.54) is 25.1 Å². The Morgan fingerprint density at radius 2 is 1.80 bits per heavy atom. The molecule has 3 rings (SSSR count). The Bertz CT molecular complexity index is 671. The molecule has 0 radical (unpaired) electrons. The molecule has 2 heterocycles. The second-order valence-electron chi connectivity index (χ2n) is 7.28. The largest absolute Gasteiger partial charge is 0.324 e. The van der Waals surface area contributed by atoms with Crippen molar-refractivity contribution in [3.8, 4) is 0 Å². The second-order valence-corrected chi connectivity index (χ2v) is 7.28. The summed E-state index contributed by atoms with van der Waals surface area (Å²) in [6, 6.07) is 4.01. The Hall–Kier alpha value is -2.15. The van der Waals surface area contributed by atoms with Crippen LogP contribution in [0.3, 0.4) is 0 Å². The number of urea groups is 1. The van der Waals surface area contributed by atoms with Crippen molar-refractivity contribution in [2.24, 2.45) is 5.41 Å². The van der Waals surface area contributed by atoms with E-state index >= 15 is 0 Å². The molecule has 2 aliphatic heterocycles. The normalized spacial score (nSPS) is 19.9. The van der Waals surface area contributed by atoms with Crippen LogP contribution in [0.25, 0.3) is 0 Å². The topological polar surface area (TPSA) is 64.7 Å². The van der Waals surface area contributed by atoms with E-state index in [0.717, 1.165) is 45.4 Å². The summed E-state index contributed by atoms with van der Waals surface area (Å²) in [4.78, 5) is 27.8. The molecular formula is C18H25FN4O2. The Morgan fingerprint density at radius 1 is 1.12 bits per heavy atom. The second kappa shape index (κ2) is 7.00. The lowest BCUT2D eigenvalue weighted by atomic mass is 9.78.